The second kappa shape index (κ2) is 12.8. The molecule has 10 heteroatoms. The zero-order valence-electron chi connectivity index (χ0n) is 21.1. The van der Waals surface area contributed by atoms with Crippen LogP contribution in [0.15, 0.2) is 88.5 Å². The number of benzene rings is 2. The van der Waals surface area contributed by atoms with E-state index in [0.717, 1.165) is 0 Å². The van der Waals surface area contributed by atoms with E-state index in [2.05, 4.69) is 4.98 Å². The van der Waals surface area contributed by atoms with Gasteiger partial charge in [-0.1, -0.05) is 30.3 Å². The molecule has 0 atom stereocenters. The number of carbonyl (C=O) groups excluding carboxylic acids is 1. The number of ether oxygens (including phenoxy) is 1. The Morgan fingerprint density at radius 2 is 1.82 bits per heavy atom. The molecule has 0 saturated carbocycles. The summed E-state index contributed by atoms with van der Waals surface area (Å²) in [5, 5.41) is 0.685. The zero-order chi connectivity index (χ0) is 27.0. The molecular formula is C28H30FN3O5S. The molecule has 2 heterocycles. The molecule has 38 heavy (non-hydrogen) atoms. The van der Waals surface area contributed by atoms with Gasteiger partial charge in [0, 0.05) is 37.9 Å². The van der Waals surface area contributed by atoms with Crippen molar-refractivity contribution in [1.82, 2.24) is 14.2 Å². The molecule has 8 nitrogen and oxygen atoms in total. The number of amides is 1. The number of nitrogens with zero attached hydrogens (tertiary/aromatic N) is 3. The lowest BCUT2D eigenvalue weighted by atomic mass is 10.2. The summed E-state index contributed by atoms with van der Waals surface area (Å²) in [7, 11) is -4.09. The van der Waals surface area contributed by atoms with Gasteiger partial charge in [-0.05, 0) is 55.3 Å². The summed E-state index contributed by atoms with van der Waals surface area (Å²) in [6.45, 7) is 2.71. The van der Waals surface area contributed by atoms with Crippen LogP contribution in [0.1, 0.15) is 24.7 Å². The molecular weight excluding hydrogens is 509 g/mol. The van der Waals surface area contributed by atoms with Gasteiger partial charge in [0.2, 0.25) is 15.9 Å². The molecule has 0 N–H and O–H groups in total. The van der Waals surface area contributed by atoms with Gasteiger partial charge in [-0.3, -0.25) is 9.78 Å². The van der Waals surface area contributed by atoms with Gasteiger partial charge in [0.05, 0.1) is 24.9 Å². The second-order valence-corrected chi connectivity index (χ2v) is 10.6. The van der Waals surface area contributed by atoms with Gasteiger partial charge in [0.1, 0.15) is 16.5 Å². The van der Waals surface area contributed by atoms with E-state index in [-0.39, 0.29) is 36.9 Å². The molecule has 1 amide bonds. The second-order valence-electron chi connectivity index (χ2n) is 8.68. The zero-order valence-corrected chi connectivity index (χ0v) is 21.9. The third-order valence-corrected chi connectivity index (χ3v) is 7.87. The van der Waals surface area contributed by atoms with Crippen molar-refractivity contribution in [3.8, 4) is 0 Å². The number of pyridine rings is 1. The summed E-state index contributed by atoms with van der Waals surface area (Å²) in [4.78, 5) is 19.5. The third-order valence-electron chi connectivity index (χ3n) is 5.99. The third kappa shape index (κ3) is 6.83. The van der Waals surface area contributed by atoms with Crippen molar-refractivity contribution in [1.29, 1.82) is 0 Å². The SMILES string of the molecule is CCOCCCN(CC(=O)N(Cc1ccc(F)cc1)Cc1ccco1)S(=O)(=O)c1cccc2cccnc12. The summed E-state index contributed by atoms with van der Waals surface area (Å²) in [5.41, 5.74) is 1.05. The maximum absolute atomic E-state index is 13.9. The summed E-state index contributed by atoms with van der Waals surface area (Å²) in [6.07, 6.45) is 3.46. The minimum absolute atomic E-state index is 0.0379. The highest BCUT2D eigenvalue weighted by atomic mass is 32.2. The Bertz CT molecular complexity index is 1440. The molecule has 4 rings (SSSR count). The number of para-hydroxylation sites is 1. The van der Waals surface area contributed by atoms with Crippen LogP contribution >= 0.6 is 0 Å². The standard InChI is InChI=1S/C28H30FN3O5S/c1-2-36-17-6-16-32(38(34,35)26-10-3-7-23-8-4-15-30-28(23)26)21-27(33)31(20-25-9-5-18-37-25)19-22-11-13-24(29)14-12-22/h3-5,7-15,18H,2,6,16-17,19-21H2,1H3. The number of rotatable bonds is 13. The van der Waals surface area contributed by atoms with Crippen LogP contribution in [0.3, 0.4) is 0 Å². The first-order valence-electron chi connectivity index (χ1n) is 12.3. The number of hydrogen-bond acceptors (Lipinski definition) is 6. The number of aromatic nitrogens is 1. The van der Waals surface area contributed by atoms with Crippen molar-refractivity contribution in [3.05, 3.63) is 96.3 Å². The Kier molecular flexibility index (Phi) is 9.22. The molecule has 0 aliphatic heterocycles. The number of fused-ring (bicyclic) bond motifs is 1. The molecule has 4 aromatic rings. The van der Waals surface area contributed by atoms with Gasteiger partial charge in [0.15, 0.2) is 0 Å². The minimum Gasteiger partial charge on any atom is -0.467 e. The molecule has 0 aliphatic rings. The Morgan fingerprint density at radius 1 is 1.03 bits per heavy atom. The van der Waals surface area contributed by atoms with Crippen molar-refractivity contribution in [2.24, 2.45) is 0 Å². The molecule has 0 fully saturated rings. The molecule has 0 aliphatic carbocycles. The van der Waals surface area contributed by atoms with Gasteiger partial charge in [-0.2, -0.15) is 4.31 Å². The lowest BCUT2D eigenvalue weighted by molar-refractivity contribution is -0.133. The van der Waals surface area contributed by atoms with E-state index in [1.54, 1.807) is 54.7 Å². The number of furan rings is 1. The van der Waals surface area contributed by atoms with Crippen LogP contribution in [0.25, 0.3) is 10.9 Å². The van der Waals surface area contributed by atoms with Gasteiger partial charge in [0.25, 0.3) is 0 Å². The van der Waals surface area contributed by atoms with Crippen LogP contribution in [0.5, 0.6) is 0 Å². The smallest absolute Gasteiger partial charge is 0.245 e. The fourth-order valence-electron chi connectivity index (χ4n) is 4.08. The van der Waals surface area contributed by atoms with Gasteiger partial charge in [-0.15, -0.1) is 0 Å². The quantitative estimate of drug-likeness (QED) is 0.230. The van der Waals surface area contributed by atoms with Crippen LogP contribution in [0, 0.1) is 5.82 Å². The monoisotopic (exact) mass is 539 g/mol. The Morgan fingerprint density at radius 3 is 2.55 bits per heavy atom. The van der Waals surface area contributed by atoms with E-state index in [1.165, 1.54) is 33.7 Å². The first-order chi connectivity index (χ1) is 18.4. The summed E-state index contributed by atoms with van der Waals surface area (Å²) < 4.78 is 53.3. The van der Waals surface area contributed by atoms with Crippen molar-refractivity contribution in [2.75, 3.05) is 26.3 Å². The van der Waals surface area contributed by atoms with E-state index in [4.69, 9.17) is 9.15 Å². The van der Waals surface area contributed by atoms with Crippen LogP contribution in [-0.2, 0) is 32.6 Å². The lowest BCUT2D eigenvalue weighted by Gasteiger charge is -2.27. The van der Waals surface area contributed by atoms with E-state index >= 15 is 0 Å². The Balaban J connectivity index is 1.63. The highest BCUT2D eigenvalue weighted by Crippen LogP contribution is 2.25. The van der Waals surface area contributed by atoms with E-state index in [9.17, 15) is 17.6 Å². The van der Waals surface area contributed by atoms with Crippen molar-refractivity contribution in [3.63, 3.8) is 0 Å². The summed E-state index contributed by atoms with van der Waals surface area (Å²) in [5.74, 6) is -0.253. The maximum Gasteiger partial charge on any atom is 0.245 e. The summed E-state index contributed by atoms with van der Waals surface area (Å²) in [6, 6.07) is 17.8. The first kappa shape index (κ1) is 27.4. The average molecular weight is 540 g/mol. The Hall–Kier alpha value is -3.60. The van der Waals surface area contributed by atoms with E-state index < -0.39 is 15.9 Å². The maximum atomic E-state index is 13.9. The normalized spacial score (nSPS) is 11.8. The minimum atomic E-state index is -4.09. The molecule has 0 unspecified atom stereocenters. The van der Waals surface area contributed by atoms with E-state index in [1.807, 2.05) is 6.92 Å². The average Bonchev–Trinajstić information content (AvgIpc) is 3.44. The van der Waals surface area contributed by atoms with Crippen LogP contribution in [0.2, 0.25) is 0 Å². The number of sulfonamides is 1. The molecule has 2 aromatic carbocycles. The molecule has 200 valence electrons. The van der Waals surface area contributed by atoms with Crippen molar-refractivity contribution in [2.45, 2.75) is 31.3 Å². The van der Waals surface area contributed by atoms with E-state index in [0.29, 0.717) is 41.9 Å². The first-order valence-corrected chi connectivity index (χ1v) is 13.8. The van der Waals surface area contributed by atoms with Crippen LogP contribution in [0.4, 0.5) is 4.39 Å². The molecule has 0 bridgehead atoms. The fourth-order valence-corrected chi connectivity index (χ4v) is 5.67. The van der Waals surface area contributed by atoms with Crippen molar-refractivity contribution < 1.29 is 26.8 Å². The predicted molar refractivity (Wildman–Crippen MR) is 141 cm³/mol. The number of hydrogen-bond donors (Lipinski definition) is 0. The highest BCUT2D eigenvalue weighted by molar-refractivity contribution is 7.89. The summed E-state index contributed by atoms with van der Waals surface area (Å²) >= 11 is 0. The van der Waals surface area contributed by atoms with Gasteiger partial charge >= 0.3 is 0 Å². The van der Waals surface area contributed by atoms with Crippen LogP contribution in [-0.4, -0.2) is 54.8 Å². The predicted octanol–water partition coefficient (Wildman–Crippen LogP) is 4.61. The molecule has 0 saturated heterocycles. The molecule has 0 radical (unpaired) electrons. The highest BCUT2D eigenvalue weighted by Gasteiger charge is 2.30. The van der Waals surface area contributed by atoms with Gasteiger partial charge in [-0.25, -0.2) is 12.8 Å². The largest absolute Gasteiger partial charge is 0.467 e. The molecule has 0 spiro atoms. The topological polar surface area (TPSA) is 93.0 Å². The number of halogens is 1. The molecule has 2 aromatic heterocycles. The lowest BCUT2D eigenvalue weighted by Crippen LogP contribution is -2.43. The number of carbonyl (C=O) groups is 1. The Labute approximate surface area is 221 Å². The van der Waals surface area contributed by atoms with Gasteiger partial charge < -0.3 is 14.1 Å². The van der Waals surface area contributed by atoms with Crippen molar-refractivity contribution >= 4 is 26.8 Å². The fraction of sp³-hybridized carbons (Fsp3) is 0.286. The van der Waals surface area contributed by atoms with Crippen LogP contribution < -0.4 is 0 Å².